The molecular formula is C12H26N2. The largest absolute Gasteiger partial charge is 0.314 e. The van der Waals surface area contributed by atoms with Crippen molar-refractivity contribution in [2.24, 2.45) is 5.41 Å². The van der Waals surface area contributed by atoms with E-state index in [1.807, 2.05) is 0 Å². The van der Waals surface area contributed by atoms with Crippen molar-refractivity contribution in [3.63, 3.8) is 0 Å². The number of nitrogens with zero attached hydrogens (tertiary/aromatic N) is 1. The monoisotopic (exact) mass is 198 g/mol. The lowest BCUT2D eigenvalue weighted by molar-refractivity contribution is 0.0944. The summed E-state index contributed by atoms with van der Waals surface area (Å²) >= 11 is 0. The summed E-state index contributed by atoms with van der Waals surface area (Å²) in [5.74, 6) is 0. The second-order valence-electron chi connectivity index (χ2n) is 6.11. The Bertz CT molecular complexity index is 185. The first-order chi connectivity index (χ1) is 6.35. The highest BCUT2D eigenvalue weighted by Gasteiger charge is 2.29. The van der Waals surface area contributed by atoms with E-state index >= 15 is 0 Å². The fraction of sp³-hybridized carbons (Fsp3) is 1.00. The molecule has 0 aromatic rings. The highest BCUT2D eigenvalue weighted by Crippen LogP contribution is 2.28. The van der Waals surface area contributed by atoms with Crippen molar-refractivity contribution in [1.29, 1.82) is 0 Å². The lowest BCUT2D eigenvalue weighted by atomic mass is 9.83. The first-order valence-electron chi connectivity index (χ1n) is 5.76. The molecule has 0 saturated carbocycles. The van der Waals surface area contributed by atoms with Crippen molar-refractivity contribution >= 4 is 0 Å². The molecule has 1 saturated heterocycles. The van der Waals surface area contributed by atoms with Gasteiger partial charge in [0.1, 0.15) is 0 Å². The minimum Gasteiger partial charge on any atom is -0.314 e. The number of hydrogen-bond acceptors (Lipinski definition) is 2. The van der Waals surface area contributed by atoms with Crippen LogP contribution in [0.2, 0.25) is 0 Å². The third-order valence-electron chi connectivity index (χ3n) is 3.28. The first kappa shape index (κ1) is 12.0. The first-order valence-corrected chi connectivity index (χ1v) is 5.76. The third-order valence-corrected chi connectivity index (χ3v) is 3.28. The summed E-state index contributed by atoms with van der Waals surface area (Å²) in [5, 5.41) is 3.37. The van der Waals surface area contributed by atoms with Gasteiger partial charge in [0.15, 0.2) is 0 Å². The van der Waals surface area contributed by atoms with Gasteiger partial charge in [-0.25, -0.2) is 0 Å². The molecule has 0 amide bonds. The van der Waals surface area contributed by atoms with E-state index in [-0.39, 0.29) is 5.54 Å². The van der Waals surface area contributed by atoms with E-state index in [2.05, 4.69) is 45.0 Å². The summed E-state index contributed by atoms with van der Waals surface area (Å²) in [6.07, 6.45) is 2.73. The SMILES string of the molecule is CNC(C)(C)CN1CCCC(C)(C)C1. The molecule has 0 aromatic carbocycles. The van der Waals surface area contributed by atoms with Gasteiger partial charge >= 0.3 is 0 Å². The Balaban J connectivity index is 2.46. The number of hydrogen-bond donors (Lipinski definition) is 1. The molecule has 0 aliphatic carbocycles. The molecule has 2 heteroatoms. The van der Waals surface area contributed by atoms with Crippen LogP contribution in [0.1, 0.15) is 40.5 Å². The lowest BCUT2D eigenvalue weighted by Crippen LogP contribution is -2.51. The number of likely N-dealkylation sites (N-methyl/N-ethyl adjacent to an activating group) is 1. The molecule has 1 heterocycles. The summed E-state index contributed by atoms with van der Waals surface area (Å²) in [6.45, 7) is 13.0. The molecule has 0 unspecified atom stereocenters. The summed E-state index contributed by atoms with van der Waals surface area (Å²) < 4.78 is 0. The topological polar surface area (TPSA) is 15.3 Å². The molecule has 1 N–H and O–H groups in total. The lowest BCUT2D eigenvalue weighted by Gasteiger charge is -2.41. The van der Waals surface area contributed by atoms with Crippen LogP contribution in [0.5, 0.6) is 0 Å². The molecule has 1 rings (SSSR count). The van der Waals surface area contributed by atoms with Crippen LogP contribution in [0.15, 0.2) is 0 Å². The predicted molar refractivity (Wildman–Crippen MR) is 62.6 cm³/mol. The van der Waals surface area contributed by atoms with Gasteiger partial charge in [-0.15, -0.1) is 0 Å². The maximum Gasteiger partial charge on any atom is 0.0249 e. The maximum atomic E-state index is 3.37. The van der Waals surface area contributed by atoms with E-state index in [1.54, 1.807) is 0 Å². The Labute approximate surface area is 89.1 Å². The molecule has 1 aliphatic rings. The van der Waals surface area contributed by atoms with Crippen molar-refractivity contribution in [2.45, 2.75) is 46.1 Å². The van der Waals surface area contributed by atoms with E-state index < -0.39 is 0 Å². The number of nitrogens with one attached hydrogen (secondary N) is 1. The summed E-state index contributed by atoms with van der Waals surface area (Å²) in [6, 6.07) is 0. The smallest absolute Gasteiger partial charge is 0.0249 e. The van der Waals surface area contributed by atoms with Crippen molar-refractivity contribution in [2.75, 3.05) is 26.7 Å². The van der Waals surface area contributed by atoms with Gasteiger partial charge < -0.3 is 10.2 Å². The number of rotatable bonds is 3. The quantitative estimate of drug-likeness (QED) is 0.747. The number of likely N-dealkylation sites (tertiary alicyclic amines) is 1. The minimum atomic E-state index is 0.243. The van der Waals surface area contributed by atoms with Gasteiger partial charge in [-0.3, -0.25) is 0 Å². The van der Waals surface area contributed by atoms with Crippen LogP contribution in [0.3, 0.4) is 0 Å². The van der Waals surface area contributed by atoms with E-state index in [4.69, 9.17) is 0 Å². The molecule has 1 aliphatic heterocycles. The second-order valence-corrected chi connectivity index (χ2v) is 6.11. The van der Waals surface area contributed by atoms with E-state index in [0.717, 1.165) is 6.54 Å². The van der Waals surface area contributed by atoms with E-state index in [0.29, 0.717) is 5.41 Å². The highest BCUT2D eigenvalue weighted by atomic mass is 15.2. The van der Waals surface area contributed by atoms with Gasteiger partial charge in [0.05, 0.1) is 0 Å². The summed E-state index contributed by atoms with van der Waals surface area (Å²) in [7, 11) is 2.05. The average molecular weight is 198 g/mol. The molecule has 14 heavy (non-hydrogen) atoms. The molecule has 0 bridgehead atoms. The summed E-state index contributed by atoms with van der Waals surface area (Å²) in [5.41, 5.74) is 0.759. The molecule has 0 atom stereocenters. The normalized spacial score (nSPS) is 23.8. The van der Waals surface area contributed by atoms with Gasteiger partial charge in [-0.2, -0.15) is 0 Å². The Morgan fingerprint density at radius 3 is 2.50 bits per heavy atom. The summed E-state index contributed by atoms with van der Waals surface area (Å²) in [4.78, 5) is 2.60. The Morgan fingerprint density at radius 1 is 1.36 bits per heavy atom. The van der Waals surface area contributed by atoms with Crippen LogP contribution >= 0.6 is 0 Å². The zero-order valence-corrected chi connectivity index (χ0v) is 10.5. The van der Waals surface area contributed by atoms with Crippen LogP contribution in [0, 0.1) is 5.41 Å². The molecule has 84 valence electrons. The Morgan fingerprint density at radius 2 is 2.00 bits per heavy atom. The van der Waals surface area contributed by atoms with Gasteiger partial charge in [-0.1, -0.05) is 13.8 Å². The zero-order chi connectivity index (χ0) is 10.8. The van der Waals surface area contributed by atoms with Gasteiger partial charge in [-0.05, 0) is 45.7 Å². The van der Waals surface area contributed by atoms with Crippen LogP contribution < -0.4 is 5.32 Å². The van der Waals surface area contributed by atoms with Gasteiger partial charge in [0.2, 0.25) is 0 Å². The average Bonchev–Trinajstić information content (AvgIpc) is 2.01. The van der Waals surface area contributed by atoms with Crippen LogP contribution in [0.25, 0.3) is 0 Å². The number of piperidine rings is 1. The Kier molecular flexibility index (Phi) is 3.59. The standard InChI is InChI=1S/C12H26N2/c1-11(2)7-6-8-14(9-11)10-12(3,4)13-5/h13H,6-10H2,1-5H3. The fourth-order valence-electron chi connectivity index (χ4n) is 2.32. The molecule has 0 radical (unpaired) electrons. The Hall–Kier alpha value is -0.0800. The predicted octanol–water partition coefficient (Wildman–Crippen LogP) is 2.11. The second kappa shape index (κ2) is 4.19. The molecule has 2 nitrogen and oxygen atoms in total. The van der Waals surface area contributed by atoms with Crippen molar-refractivity contribution < 1.29 is 0 Å². The molecule has 0 spiro atoms. The fourth-order valence-corrected chi connectivity index (χ4v) is 2.32. The van der Waals surface area contributed by atoms with Gasteiger partial charge in [0, 0.05) is 18.6 Å². The molecule has 0 aromatic heterocycles. The van der Waals surface area contributed by atoms with Crippen molar-refractivity contribution in [3.8, 4) is 0 Å². The van der Waals surface area contributed by atoms with Crippen LogP contribution in [0.4, 0.5) is 0 Å². The molecular weight excluding hydrogens is 172 g/mol. The third kappa shape index (κ3) is 3.58. The maximum absolute atomic E-state index is 3.37. The van der Waals surface area contributed by atoms with Crippen molar-refractivity contribution in [1.82, 2.24) is 10.2 Å². The highest BCUT2D eigenvalue weighted by molar-refractivity contribution is 4.86. The van der Waals surface area contributed by atoms with E-state index in [1.165, 1.54) is 25.9 Å². The van der Waals surface area contributed by atoms with E-state index in [9.17, 15) is 0 Å². The van der Waals surface area contributed by atoms with Crippen LogP contribution in [-0.4, -0.2) is 37.1 Å². The van der Waals surface area contributed by atoms with Crippen LogP contribution in [-0.2, 0) is 0 Å². The van der Waals surface area contributed by atoms with Gasteiger partial charge in [0.25, 0.3) is 0 Å². The van der Waals surface area contributed by atoms with Crippen molar-refractivity contribution in [3.05, 3.63) is 0 Å². The zero-order valence-electron chi connectivity index (χ0n) is 10.5. The minimum absolute atomic E-state index is 0.243. The molecule has 1 fully saturated rings.